The first-order chi connectivity index (χ1) is 8.18. The normalized spacial score (nSPS) is 33.1. The number of nitrogens with one attached hydrogen (secondary N) is 2. The Morgan fingerprint density at radius 2 is 2.18 bits per heavy atom. The molecule has 0 amide bonds. The Morgan fingerprint density at radius 1 is 1.35 bits per heavy atom. The van der Waals surface area contributed by atoms with E-state index in [9.17, 15) is 0 Å². The maximum absolute atomic E-state index is 8.78. The third-order valence-corrected chi connectivity index (χ3v) is 3.97. The maximum atomic E-state index is 8.78. The summed E-state index contributed by atoms with van der Waals surface area (Å²) in [4.78, 5) is 0. The number of aliphatic hydroxyl groups excluding tert-OH is 1. The van der Waals surface area contributed by atoms with Crippen LogP contribution in [-0.2, 0) is 0 Å². The van der Waals surface area contributed by atoms with Crippen molar-refractivity contribution in [2.24, 2.45) is 5.92 Å². The van der Waals surface area contributed by atoms with Gasteiger partial charge in [-0.05, 0) is 38.6 Å². The summed E-state index contributed by atoms with van der Waals surface area (Å²) >= 11 is 0. The SMILES string of the molecule is C=C1C(CCCCC(O)O)NC2NCCCC12. The highest BCUT2D eigenvalue weighted by Gasteiger charge is 2.37. The molecule has 3 atom stereocenters. The number of fused-ring (bicyclic) bond motifs is 1. The van der Waals surface area contributed by atoms with Crippen LogP contribution < -0.4 is 10.6 Å². The van der Waals surface area contributed by atoms with E-state index in [1.165, 1.54) is 18.4 Å². The number of piperidine rings is 1. The quantitative estimate of drug-likeness (QED) is 0.325. The Bertz CT molecular complexity index is 268. The zero-order valence-electron chi connectivity index (χ0n) is 10.4. The van der Waals surface area contributed by atoms with E-state index in [-0.39, 0.29) is 0 Å². The molecule has 0 spiro atoms. The van der Waals surface area contributed by atoms with Gasteiger partial charge in [-0.25, -0.2) is 0 Å². The van der Waals surface area contributed by atoms with Crippen LogP contribution in [0.3, 0.4) is 0 Å². The maximum Gasteiger partial charge on any atom is 0.151 e. The fraction of sp³-hybridized carbons (Fsp3) is 0.846. The Hall–Kier alpha value is -0.420. The molecule has 3 unspecified atom stereocenters. The molecule has 2 rings (SSSR count). The summed E-state index contributed by atoms with van der Waals surface area (Å²) in [6.07, 6.45) is 5.17. The predicted molar refractivity (Wildman–Crippen MR) is 67.3 cm³/mol. The monoisotopic (exact) mass is 240 g/mol. The molecular weight excluding hydrogens is 216 g/mol. The first-order valence-electron chi connectivity index (χ1n) is 6.72. The molecule has 2 saturated heterocycles. The van der Waals surface area contributed by atoms with Gasteiger partial charge in [0.25, 0.3) is 0 Å². The zero-order valence-corrected chi connectivity index (χ0v) is 10.4. The lowest BCUT2D eigenvalue weighted by molar-refractivity contribution is -0.0466. The third kappa shape index (κ3) is 3.28. The molecule has 0 aromatic carbocycles. The van der Waals surface area contributed by atoms with Crippen LogP contribution in [0, 0.1) is 5.92 Å². The Balaban J connectivity index is 1.73. The summed E-state index contributed by atoms with van der Waals surface area (Å²) < 4.78 is 0. The van der Waals surface area contributed by atoms with Crippen molar-refractivity contribution in [3.05, 3.63) is 12.2 Å². The molecule has 0 saturated carbocycles. The average molecular weight is 240 g/mol. The van der Waals surface area contributed by atoms with Crippen LogP contribution in [0.2, 0.25) is 0 Å². The lowest BCUT2D eigenvalue weighted by Crippen LogP contribution is -2.46. The minimum Gasteiger partial charge on any atom is -0.368 e. The van der Waals surface area contributed by atoms with Crippen LogP contribution in [-0.4, -0.2) is 35.3 Å². The van der Waals surface area contributed by atoms with Crippen molar-refractivity contribution < 1.29 is 10.2 Å². The smallest absolute Gasteiger partial charge is 0.151 e. The van der Waals surface area contributed by atoms with Gasteiger partial charge >= 0.3 is 0 Å². The van der Waals surface area contributed by atoms with Crippen LogP contribution in [0.5, 0.6) is 0 Å². The summed E-state index contributed by atoms with van der Waals surface area (Å²) in [6, 6.07) is 0.409. The van der Waals surface area contributed by atoms with Gasteiger partial charge in [-0.1, -0.05) is 18.6 Å². The van der Waals surface area contributed by atoms with Crippen molar-refractivity contribution in [1.29, 1.82) is 0 Å². The molecule has 4 N–H and O–H groups in total. The second kappa shape index (κ2) is 5.96. The number of hydrogen-bond acceptors (Lipinski definition) is 4. The van der Waals surface area contributed by atoms with E-state index in [1.807, 2.05) is 0 Å². The fourth-order valence-corrected chi connectivity index (χ4v) is 2.99. The minimum absolute atomic E-state index is 0.409. The molecule has 0 aliphatic carbocycles. The number of aliphatic hydroxyl groups is 2. The van der Waals surface area contributed by atoms with Crippen LogP contribution in [0.4, 0.5) is 0 Å². The molecule has 0 aromatic rings. The van der Waals surface area contributed by atoms with Crippen molar-refractivity contribution in [2.45, 2.75) is 57.0 Å². The molecule has 17 heavy (non-hydrogen) atoms. The molecule has 98 valence electrons. The van der Waals surface area contributed by atoms with Gasteiger partial charge in [0, 0.05) is 12.0 Å². The molecule has 0 radical (unpaired) electrons. The Morgan fingerprint density at radius 3 is 2.88 bits per heavy atom. The van der Waals surface area contributed by atoms with E-state index in [4.69, 9.17) is 10.2 Å². The van der Waals surface area contributed by atoms with E-state index in [0.717, 1.165) is 25.8 Å². The second-order valence-corrected chi connectivity index (χ2v) is 5.24. The highest BCUT2D eigenvalue weighted by atomic mass is 16.5. The third-order valence-electron chi connectivity index (χ3n) is 3.97. The van der Waals surface area contributed by atoms with E-state index in [1.54, 1.807) is 0 Å². The highest BCUT2D eigenvalue weighted by Crippen LogP contribution is 2.32. The van der Waals surface area contributed by atoms with Gasteiger partial charge in [0.1, 0.15) is 0 Å². The molecule has 0 aromatic heterocycles. The fourth-order valence-electron chi connectivity index (χ4n) is 2.99. The molecule has 4 heteroatoms. The minimum atomic E-state index is -1.15. The van der Waals surface area contributed by atoms with E-state index in [0.29, 0.717) is 24.5 Å². The van der Waals surface area contributed by atoms with E-state index >= 15 is 0 Å². The molecule has 2 heterocycles. The van der Waals surface area contributed by atoms with E-state index in [2.05, 4.69) is 17.2 Å². The first kappa shape index (κ1) is 13.0. The Labute approximate surface area is 103 Å². The van der Waals surface area contributed by atoms with Gasteiger partial charge in [-0.15, -0.1) is 0 Å². The van der Waals surface area contributed by atoms with Gasteiger partial charge in [0.2, 0.25) is 0 Å². The van der Waals surface area contributed by atoms with Crippen LogP contribution in [0.15, 0.2) is 12.2 Å². The van der Waals surface area contributed by atoms with Crippen molar-refractivity contribution in [1.82, 2.24) is 10.6 Å². The van der Waals surface area contributed by atoms with Gasteiger partial charge in [-0.2, -0.15) is 0 Å². The summed E-state index contributed by atoms with van der Waals surface area (Å²) in [6.45, 7) is 5.33. The van der Waals surface area contributed by atoms with Crippen molar-refractivity contribution in [3.8, 4) is 0 Å². The summed E-state index contributed by atoms with van der Waals surface area (Å²) in [5, 5.41) is 24.6. The lowest BCUT2D eigenvalue weighted by Gasteiger charge is -2.26. The molecular formula is C13H24N2O2. The van der Waals surface area contributed by atoms with E-state index < -0.39 is 6.29 Å². The van der Waals surface area contributed by atoms with Crippen molar-refractivity contribution in [3.63, 3.8) is 0 Å². The predicted octanol–water partition coefficient (Wildman–Crippen LogP) is 0.711. The standard InChI is InChI=1S/C13H24N2O2/c1-9-10-5-4-8-14-13(10)15-11(9)6-2-3-7-12(16)17/h10-17H,1-8H2. The topological polar surface area (TPSA) is 64.5 Å². The summed E-state index contributed by atoms with van der Waals surface area (Å²) in [5.74, 6) is 0.595. The summed E-state index contributed by atoms with van der Waals surface area (Å²) in [7, 11) is 0. The molecule has 2 aliphatic heterocycles. The van der Waals surface area contributed by atoms with Gasteiger partial charge < -0.3 is 15.5 Å². The van der Waals surface area contributed by atoms with Gasteiger partial charge in [0.15, 0.2) is 6.29 Å². The Kier molecular flexibility index (Phi) is 4.56. The molecule has 2 aliphatic rings. The number of unbranched alkanes of at least 4 members (excludes halogenated alkanes) is 1. The second-order valence-electron chi connectivity index (χ2n) is 5.24. The first-order valence-corrected chi connectivity index (χ1v) is 6.72. The summed E-state index contributed by atoms with van der Waals surface area (Å²) in [5.41, 5.74) is 1.34. The lowest BCUT2D eigenvalue weighted by atomic mass is 9.89. The zero-order chi connectivity index (χ0) is 12.3. The molecule has 4 nitrogen and oxygen atoms in total. The van der Waals surface area contributed by atoms with Crippen LogP contribution in [0.1, 0.15) is 38.5 Å². The average Bonchev–Trinajstić information content (AvgIpc) is 2.63. The van der Waals surface area contributed by atoms with Gasteiger partial charge in [0.05, 0.1) is 6.17 Å². The van der Waals surface area contributed by atoms with Gasteiger partial charge in [-0.3, -0.25) is 5.32 Å². The number of rotatable bonds is 5. The van der Waals surface area contributed by atoms with Crippen LogP contribution in [0.25, 0.3) is 0 Å². The number of hydrogen-bond donors (Lipinski definition) is 4. The van der Waals surface area contributed by atoms with Crippen molar-refractivity contribution in [2.75, 3.05) is 6.54 Å². The highest BCUT2D eigenvalue weighted by molar-refractivity contribution is 5.19. The molecule has 0 bridgehead atoms. The molecule has 2 fully saturated rings. The van der Waals surface area contributed by atoms with Crippen molar-refractivity contribution >= 4 is 0 Å². The largest absolute Gasteiger partial charge is 0.368 e. The van der Waals surface area contributed by atoms with Crippen LogP contribution >= 0.6 is 0 Å².